The number of rotatable bonds is 5. The van der Waals surface area contributed by atoms with E-state index in [4.69, 9.17) is 10.5 Å². The summed E-state index contributed by atoms with van der Waals surface area (Å²) in [6, 6.07) is 10.0. The molecule has 0 spiro atoms. The van der Waals surface area contributed by atoms with Crippen LogP contribution in [0.25, 0.3) is 0 Å². The SMILES string of the molecule is CCc1ccc(OC)c(C(CN)c2cccnn2)c1. The fraction of sp³-hybridized carbons (Fsp3) is 0.333. The summed E-state index contributed by atoms with van der Waals surface area (Å²) in [7, 11) is 1.68. The quantitative estimate of drug-likeness (QED) is 0.891. The molecule has 1 atom stereocenters. The van der Waals surface area contributed by atoms with Crippen LogP contribution in [-0.4, -0.2) is 23.9 Å². The summed E-state index contributed by atoms with van der Waals surface area (Å²) in [6.07, 6.45) is 2.64. The highest BCUT2D eigenvalue weighted by Crippen LogP contribution is 2.31. The number of hydrogen-bond donors (Lipinski definition) is 1. The van der Waals surface area contributed by atoms with Crippen molar-refractivity contribution in [3.8, 4) is 5.75 Å². The van der Waals surface area contributed by atoms with E-state index in [9.17, 15) is 0 Å². The van der Waals surface area contributed by atoms with E-state index < -0.39 is 0 Å². The largest absolute Gasteiger partial charge is 0.496 e. The van der Waals surface area contributed by atoms with Crippen molar-refractivity contribution < 1.29 is 4.74 Å². The Morgan fingerprint density at radius 1 is 1.32 bits per heavy atom. The lowest BCUT2D eigenvalue weighted by molar-refractivity contribution is 0.407. The first kappa shape index (κ1) is 13.5. The van der Waals surface area contributed by atoms with Crippen molar-refractivity contribution in [3.63, 3.8) is 0 Å². The van der Waals surface area contributed by atoms with Gasteiger partial charge in [0.1, 0.15) is 5.75 Å². The molecule has 0 radical (unpaired) electrons. The number of nitrogens with two attached hydrogens (primary N) is 1. The molecule has 0 saturated carbocycles. The zero-order valence-electron chi connectivity index (χ0n) is 11.3. The average molecular weight is 257 g/mol. The van der Waals surface area contributed by atoms with E-state index in [0.717, 1.165) is 23.4 Å². The molecule has 0 fully saturated rings. The van der Waals surface area contributed by atoms with E-state index in [1.165, 1.54) is 5.56 Å². The standard InChI is InChI=1S/C15H19N3O/c1-3-11-6-7-15(19-2)12(9-11)13(10-16)14-5-4-8-17-18-14/h4-9,13H,3,10,16H2,1-2H3. The van der Waals surface area contributed by atoms with Gasteiger partial charge >= 0.3 is 0 Å². The number of ether oxygens (including phenoxy) is 1. The number of methoxy groups -OCH3 is 1. The van der Waals surface area contributed by atoms with Crippen LogP contribution in [0.4, 0.5) is 0 Å². The van der Waals surface area contributed by atoms with Crippen LogP contribution in [0.5, 0.6) is 5.75 Å². The van der Waals surface area contributed by atoms with Crippen LogP contribution in [0, 0.1) is 0 Å². The summed E-state index contributed by atoms with van der Waals surface area (Å²) in [5.74, 6) is 0.855. The molecule has 19 heavy (non-hydrogen) atoms. The lowest BCUT2D eigenvalue weighted by Crippen LogP contribution is -2.16. The normalized spacial score (nSPS) is 12.2. The fourth-order valence-corrected chi connectivity index (χ4v) is 2.18. The molecule has 0 amide bonds. The Balaban J connectivity index is 2.48. The van der Waals surface area contributed by atoms with Gasteiger partial charge < -0.3 is 10.5 Å². The van der Waals surface area contributed by atoms with Crippen LogP contribution in [0.2, 0.25) is 0 Å². The number of aryl methyl sites for hydroxylation is 1. The van der Waals surface area contributed by atoms with Crippen LogP contribution in [-0.2, 0) is 6.42 Å². The molecule has 0 aliphatic heterocycles. The van der Waals surface area contributed by atoms with Crippen LogP contribution >= 0.6 is 0 Å². The topological polar surface area (TPSA) is 61.0 Å². The van der Waals surface area contributed by atoms with Gasteiger partial charge in [0.15, 0.2) is 0 Å². The lowest BCUT2D eigenvalue weighted by Gasteiger charge is -2.18. The monoisotopic (exact) mass is 257 g/mol. The summed E-state index contributed by atoms with van der Waals surface area (Å²) in [5, 5.41) is 8.10. The second-order valence-electron chi connectivity index (χ2n) is 4.37. The highest BCUT2D eigenvalue weighted by molar-refractivity contribution is 5.43. The molecule has 4 heteroatoms. The summed E-state index contributed by atoms with van der Waals surface area (Å²) >= 11 is 0. The molecule has 4 nitrogen and oxygen atoms in total. The Morgan fingerprint density at radius 3 is 2.74 bits per heavy atom. The first-order valence-electron chi connectivity index (χ1n) is 6.44. The van der Waals surface area contributed by atoms with Crippen LogP contribution < -0.4 is 10.5 Å². The van der Waals surface area contributed by atoms with Crippen LogP contribution in [0.15, 0.2) is 36.5 Å². The third-order valence-corrected chi connectivity index (χ3v) is 3.26. The third-order valence-electron chi connectivity index (χ3n) is 3.26. The third kappa shape index (κ3) is 2.90. The van der Waals surface area contributed by atoms with Gasteiger partial charge in [0.05, 0.1) is 12.8 Å². The first-order chi connectivity index (χ1) is 9.30. The Labute approximate surface area is 113 Å². The van der Waals surface area contributed by atoms with E-state index in [1.807, 2.05) is 18.2 Å². The zero-order chi connectivity index (χ0) is 13.7. The second-order valence-corrected chi connectivity index (χ2v) is 4.37. The van der Waals surface area contributed by atoms with Gasteiger partial charge in [0, 0.05) is 24.2 Å². The molecule has 1 aromatic carbocycles. The van der Waals surface area contributed by atoms with Crippen molar-refractivity contribution in [2.24, 2.45) is 5.73 Å². The molecule has 1 heterocycles. The molecule has 1 aromatic heterocycles. The predicted octanol–water partition coefficient (Wildman–Crippen LogP) is 2.14. The zero-order valence-corrected chi connectivity index (χ0v) is 11.3. The van der Waals surface area contributed by atoms with Crippen molar-refractivity contribution in [3.05, 3.63) is 53.3 Å². The van der Waals surface area contributed by atoms with E-state index in [1.54, 1.807) is 13.3 Å². The molecule has 100 valence electrons. The lowest BCUT2D eigenvalue weighted by atomic mass is 9.92. The van der Waals surface area contributed by atoms with Gasteiger partial charge in [0.25, 0.3) is 0 Å². The number of hydrogen-bond acceptors (Lipinski definition) is 4. The maximum absolute atomic E-state index is 5.93. The van der Waals surface area contributed by atoms with Crippen molar-refractivity contribution in [2.45, 2.75) is 19.3 Å². The minimum absolute atomic E-state index is 0.00940. The summed E-state index contributed by atoms with van der Waals surface area (Å²) in [4.78, 5) is 0. The van der Waals surface area contributed by atoms with Gasteiger partial charge in [-0.3, -0.25) is 0 Å². The van der Waals surface area contributed by atoms with Gasteiger partial charge in [-0.2, -0.15) is 10.2 Å². The van der Waals surface area contributed by atoms with Crippen molar-refractivity contribution >= 4 is 0 Å². The molecule has 2 aromatic rings. The van der Waals surface area contributed by atoms with Crippen molar-refractivity contribution in [1.82, 2.24) is 10.2 Å². The van der Waals surface area contributed by atoms with E-state index >= 15 is 0 Å². The Bertz CT molecular complexity index is 528. The van der Waals surface area contributed by atoms with E-state index in [-0.39, 0.29) is 5.92 Å². The fourth-order valence-electron chi connectivity index (χ4n) is 2.18. The molecular weight excluding hydrogens is 238 g/mol. The summed E-state index contributed by atoms with van der Waals surface area (Å²) in [6.45, 7) is 2.60. The smallest absolute Gasteiger partial charge is 0.122 e. The van der Waals surface area contributed by atoms with Gasteiger partial charge in [-0.15, -0.1) is 0 Å². The predicted molar refractivity (Wildman–Crippen MR) is 75.3 cm³/mol. The van der Waals surface area contributed by atoms with Gasteiger partial charge in [-0.1, -0.05) is 19.1 Å². The molecule has 0 aliphatic rings. The van der Waals surface area contributed by atoms with Crippen molar-refractivity contribution in [2.75, 3.05) is 13.7 Å². The van der Waals surface area contributed by atoms with Gasteiger partial charge in [-0.05, 0) is 30.2 Å². The Hall–Kier alpha value is -1.94. The molecule has 2 N–H and O–H groups in total. The maximum atomic E-state index is 5.93. The maximum Gasteiger partial charge on any atom is 0.122 e. The van der Waals surface area contributed by atoms with Crippen LogP contribution in [0.3, 0.4) is 0 Å². The molecule has 0 bridgehead atoms. The first-order valence-corrected chi connectivity index (χ1v) is 6.44. The van der Waals surface area contributed by atoms with Gasteiger partial charge in [-0.25, -0.2) is 0 Å². The molecule has 0 aliphatic carbocycles. The van der Waals surface area contributed by atoms with Crippen LogP contribution in [0.1, 0.15) is 29.7 Å². The number of aromatic nitrogens is 2. The molecular formula is C15H19N3O. The second kappa shape index (κ2) is 6.29. The van der Waals surface area contributed by atoms with Gasteiger partial charge in [0.2, 0.25) is 0 Å². The molecule has 0 saturated heterocycles. The minimum Gasteiger partial charge on any atom is -0.496 e. The summed E-state index contributed by atoms with van der Waals surface area (Å²) < 4.78 is 5.45. The van der Waals surface area contributed by atoms with E-state index in [2.05, 4.69) is 29.3 Å². The molecule has 1 unspecified atom stereocenters. The Morgan fingerprint density at radius 2 is 2.16 bits per heavy atom. The van der Waals surface area contributed by atoms with Crippen molar-refractivity contribution in [1.29, 1.82) is 0 Å². The average Bonchev–Trinajstić information content (AvgIpc) is 2.49. The highest BCUT2D eigenvalue weighted by atomic mass is 16.5. The Kier molecular flexibility index (Phi) is 4.47. The highest BCUT2D eigenvalue weighted by Gasteiger charge is 2.18. The number of nitrogens with zero attached hydrogens (tertiary/aromatic N) is 2. The van der Waals surface area contributed by atoms with E-state index in [0.29, 0.717) is 6.54 Å². The molecule has 2 rings (SSSR count). The number of benzene rings is 1. The summed E-state index contributed by atoms with van der Waals surface area (Å²) in [5.41, 5.74) is 9.14. The minimum atomic E-state index is 0.00940.